The molecule has 1 unspecified atom stereocenters. The second kappa shape index (κ2) is 6.12. The Kier molecular flexibility index (Phi) is 4.50. The Morgan fingerprint density at radius 2 is 2.35 bits per heavy atom. The molecule has 0 radical (unpaired) electrons. The van der Waals surface area contributed by atoms with Gasteiger partial charge in [-0.15, -0.1) is 0 Å². The van der Waals surface area contributed by atoms with Gasteiger partial charge in [-0.1, -0.05) is 18.5 Å². The Morgan fingerprint density at radius 1 is 1.47 bits per heavy atom. The molecule has 96 valence electrons. The van der Waals surface area contributed by atoms with Gasteiger partial charge in [0.2, 0.25) is 5.89 Å². The number of aryl methyl sites for hydroxylation is 1. The van der Waals surface area contributed by atoms with Crippen LogP contribution in [0.5, 0.6) is 0 Å². The first-order valence-corrected chi connectivity index (χ1v) is 6.59. The first-order chi connectivity index (χ1) is 8.33. The van der Waals surface area contributed by atoms with Crippen LogP contribution in [0.25, 0.3) is 0 Å². The van der Waals surface area contributed by atoms with Gasteiger partial charge in [0.25, 0.3) is 0 Å². The van der Waals surface area contributed by atoms with Gasteiger partial charge >= 0.3 is 0 Å². The number of hydrogen-bond donors (Lipinski definition) is 1. The highest BCUT2D eigenvalue weighted by atomic mass is 16.5. The summed E-state index contributed by atoms with van der Waals surface area (Å²) in [5.74, 6) is 1.54. The third-order valence-electron chi connectivity index (χ3n) is 3.41. The van der Waals surface area contributed by atoms with Gasteiger partial charge in [0.15, 0.2) is 5.82 Å². The number of hydrogen-bond acceptors (Lipinski definition) is 5. The van der Waals surface area contributed by atoms with Gasteiger partial charge in [0.1, 0.15) is 0 Å². The number of piperidine rings is 1. The van der Waals surface area contributed by atoms with Crippen molar-refractivity contribution < 1.29 is 4.52 Å². The van der Waals surface area contributed by atoms with Crippen molar-refractivity contribution in [2.75, 3.05) is 13.1 Å². The van der Waals surface area contributed by atoms with Gasteiger partial charge in [-0.05, 0) is 32.4 Å². The molecule has 0 aromatic carbocycles. The molecule has 2 N–H and O–H groups in total. The molecule has 0 spiro atoms. The third kappa shape index (κ3) is 3.26. The van der Waals surface area contributed by atoms with Gasteiger partial charge in [0.05, 0.1) is 6.54 Å². The van der Waals surface area contributed by atoms with E-state index in [1.807, 2.05) is 6.92 Å². The van der Waals surface area contributed by atoms with Crippen LogP contribution in [-0.2, 0) is 13.0 Å². The second-order valence-corrected chi connectivity index (χ2v) is 4.66. The molecule has 1 atom stereocenters. The molecule has 5 nitrogen and oxygen atoms in total. The first kappa shape index (κ1) is 12.5. The average Bonchev–Trinajstić information content (AvgIpc) is 2.80. The van der Waals surface area contributed by atoms with Crippen molar-refractivity contribution in [2.24, 2.45) is 5.73 Å². The smallest absolute Gasteiger partial charge is 0.240 e. The summed E-state index contributed by atoms with van der Waals surface area (Å²) < 4.78 is 5.25. The Labute approximate surface area is 102 Å². The summed E-state index contributed by atoms with van der Waals surface area (Å²) >= 11 is 0. The van der Waals surface area contributed by atoms with Crippen LogP contribution >= 0.6 is 0 Å². The minimum absolute atomic E-state index is 0.589. The van der Waals surface area contributed by atoms with Crippen LogP contribution in [0, 0.1) is 0 Å². The number of nitrogens with zero attached hydrogens (tertiary/aromatic N) is 3. The van der Waals surface area contributed by atoms with E-state index in [1.165, 1.54) is 19.3 Å². The Hall–Kier alpha value is -0.940. The van der Waals surface area contributed by atoms with Crippen LogP contribution in [0.15, 0.2) is 4.52 Å². The van der Waals surface area contributed by atoms with Crippen molar-refractivity contribution in [1.29, 1.82) is 0 Å². The summed E-state index contributed by atoms with van der Waals surface area (Å²) in [7, 11) is 0. The van der Waals surface area contributed by atoms with Crippen molar-refractivity contribution in [3.05, 3.63) is 11.7 Å². The largest absolute Gasteiger partial charge is 0.338 e. The first-order valence-electron chi connectivity index (χ1n) is 6.59. The van der Waals surface area contributed by atoms with Crippen LogP contribution < -0.4 is 5.73 Å². The number of nitrogens with two attached hydrogens (primary N) is 1. The predicted molar refractivity (Wildman–Crippen MR) is 65.4 cm³/mol. The predicted octanol–water partition coefficient (Wildman–Crippen LogP) is 1.34. The fraction of sp³-hybridized carbons (Fsp3) is 0.833. The lowest BCUT2D eigenvalue weighted by Crippen LogP contribution is -2.40. The minimum Gasteiger partial charge on any atom is -0.338 e. The molecule has 1 fully saturated rings. The summed E-state index contributed by atoms with van der Waals surface area (Å²) in [6.07, 6.45) is 5.71. The molecule has 2 rings (SSSR count). The Bertz CT molecular complexity index is 337. The minimum atomic E-state index is 0.589. The van der Waals surface area contributed by atoms with Gasteiger partial charge < -0.3 is 10.3 Å². The number of aromatic nitrogens is 2. The van der Waals surface area contributed by atoms with Crippen molar-refractivity contribution in [2.45, 2.75) is 51.6 Å². The molecule has 17 heavy (non-hydrogen) atoms. The zero-order chi connectivity index (χ0) is 12.1. The quantitative estimate of drug-likeness (QED) is 0.838. The van der Waals surface area contributed by atoms with Crippen molar-refractivity contribution in [1.82, 2.24) is 15.0 Å². The standard InChI is InChI=1S/C12H22N4O/c1-2-11-14-12(17-15-11)9-16-8-4-3-5-10(16)6-7-13/h10H,2-9,13H2,1H3. The third-order valence-corrected chi connectivity index (χ3v) is 3.41. The summed E-state index contributed by atoms with van der Waals surface area (Å²) in [4.78, 5) is 6.80. The topological polar surface area (TPSA) is 68.2 Å². The van der Waals surface area contributed by atoms with E-state index in [0.29, 0.717) is 6.04 Å². The van der Waals surface area contributed by atoms with Gasteiger partial charge in [-0.2, -0.15) is 4.98 Å². The van der Waals surface area contributed by atoms with Gasteiger partial charge in [-0.3, -0.25) is 4.90 Å². The molecule has 0 aliphatic carbocycles. The highest BCUT2D eigenvalue weighted by Crippen LogP contribution is 2.21. The Balaban J connectivity index is 1.95. The molecule has 0 amide bonds. The highest BCUT2D eigenvalue weighted by molar-refractivity contribution is 4.88. The van der Waals surface area contributed by atoms with Crippen LogP contribution in [-0.4, -0.2) is 34.2 Å². The summed E-state index contributed by atoms with van der Waals surface area (Å²) in [5.41, 5.74) is 5.66. The van der Waals surface area contributed by atoms with Crippen molar-refractivity contribution >= 4 is 0 Å². The molecule has 0 saturated carbocycles. The molecular weight excluding hydrogens is 216 g/mol. The van der Waals surface area contributed by atoms with Gasteiger partial charge in [0, 0.05) is 12.5 Å². The average molecular weight is 238 g/mol. The molecule has 2 heterocycles. The van der Waals surface area contributed by atoms with Crippen LogP contribution in [0.2, 0.25) is 0 Å². The lowest BCUT2D eigenvalue weighted by Gasteiger charge is -2.34. The zero-order valence-electron chi connectivity index (χ0n) is 10.6. The molecular formula is C12H22N4O. The maximum atomic E-state index is 5.66. The summed E-state index contributed by atoms with van der Waals surface area (Å²) in [5, 5.41) is 3.93. The fourth-order valence-corrected chi connectivity index (χ4v) is 2.46. The second-order valence-electron chi connectivity index (χ2n) is 4.66. The number of rotatable bonds is 5. The van der Waals surface area contributed by atoms with E-state index in [2.05, 4.69) is 15.0 Å². The maximum absolute atomic E-state index is 5.66. The fourth-order valence-electron chi connectivity index (χ4n) is 2.46. The normalized spacial score (nSPS) is 21.9. The van der Waals surface area contributed by atoms with E-state index in [0.717, 1.165) is 44.2 Å². The number of likely N-dealkylation sites (tertiary alicyclic amines) is 1. The Morgan fingerprint density at radius 3 is 3.06 bits per heavy atom. The van der Waals surface area contributed by atoms with Crippen molar-refractivity contribution in [3.8, 4) is 0 Å². The maximum Gasteiger partial charge on any atom is 0.240 e. The molecule has 5 heteroatoms. The highest BCUT2D eigenvalue weighted by Gasteiger charge is 2.23. The van der Waals surface area contributed by atoms with E-state index in [1.54, 1.807) is 0 Å². The molecule has 1 saturated heterocycles. The molecule has 1 aromatic heterocycles. The van der Waals surface area contributed by atoms with E-state index in [-0.39, 0.29) is 0 Å². The van der Waals surface area contributed by atoms with E-state index in [4.69, 9.17) is 10.3 Å². The zero-order valence-corrected chi connectivity index (χ0v) is 10.6. The van der Waals surface area contributed by atoms with E-state index >= 15 is 0 Å². The SMILES string of the molecule is CCc1noc(CN2CCCCC2CCN)n1. The van der Waals surface area contributed by atoms with Crippen LogP contribution in [0.1, 0.15) is 44.3 Å². The lowest BCUT2D eigenvalue weighted by atomic mass is 9.99. The van der Waals surface area contributed by atoms with Crippen molar-refractivity contribution in [3.63, 3.8) is 0 Å². The molecule has 1 aromatic rings. The molecule has 1 aliphatic heterocycles. The lowest BCUT2D eigenvalue weighted by molar-refractivity contribution is 0.118. The summed E-state index contributed by atoms with van der Waals surface area (Å²) in [6.45, 7) is 4.68. The van der Waals surface area contributed by atoms with E-state index < -0.39 is 0 Å². The molecule has 1 aliphatic rings. The summed E-state index contributed by atoms with van der Waals surface area (Å²) in [6, 6.07) is 0.589. The molecule has 0 bridgehead atoms. The van der Waals surface area contributed by atoms with E-state index in [9.17, 15) is 0 Å². The monoisotopic (exact) mass is 238 g/mol. The van der Waals surface area contributed by atoms with Gasteiger partial charge in [-0.25, -0.2) is 0 Å². The van der Waals surface area contributed by atoms with Crippen LogP contribution in [0.4, 0.5) is 0 Å². The van der Waals surface area contributed by atoms with Crippen LogP contribution in [0.3, 0.4) is 0 Å².